The molecular formula is C26H28FNO4. The van der Waals surface area contributed by atoms with Gasteiger partial charge in [-0.1, -0.05) is 38.0 Å². The Balaban J connectivity index is 1.96. The first-order chi connectivity index (χ1) is 15.3. The Morgan fingerprint density at radius 2 is 1.81 bits per heavy atom. The lowest BCUT2D eigenvalue weighted by Gasteiger charge is -2.27. The van der Waals surface area contributed by atoms with Gasteiger partial charge in [0.2, 0.25) is 0 Å². The maximum atomic E-state index is 13.7. The SMILES string of the molecule is C=CC(=O)c1cc(F)ccc1-c1ccc(C(=O)N(C)CC2CCCCC2)c(CC(=O)O)c1. The fraction of sp³-hybridized carbons (Fsp3) is 0.346. The largest absolute Gasteiger partial charge is 0.481 e. The molecule has 2 aromatic rings. The van der Waals surface area contributed by atoms with E-state index in [1.54, 1.807) is 30.1 Å². The van der Waals surface area contributed by atoms with Crippen LogP contribution in [0.2, 0.25) is 0 Å². The van der Waals surface area contributed by atoms with E-state index in [4.69, 9.17) is 0 Å². The fourth-order valence-corrected chi connectivity index (χ4v) is 4.41. The van der Waals surface area contributed by atoms with Gasteiger partial charge in [0.15, 0.2) is 5.78 Å². The molecule has 0 spiro atoms. The molecule has 0 saturated heterocycles. The molecular weight excluding hydrogens is 409 g/mol. The van der Waals surface area contributed by atoms with Gasteiger partial charge in [-0.2, -0.15) is 0 Å². The molecule has 32 heavy (non-hydrogen) atoms. The van der Waals surface area contributed by atoms with E-state index in [0.717, 1.165) is 25.0 Å². The smallest absolute Gasteiger partial charge is 0.307 e. The highest BCUT2D eigenvalue weighted by molar-refractivity contribution is 6.09. The lowest BCUT2D eigenvalue weighted by molar-refractivity contribution is -0.136. The molecule has 3 rings (SSSR count). The molecule has 0 aliphatic heterocycles. The summed E-state index contributed by atoms with van der Waals surface area (Å²) in [5, 5.41) is 9.41. The van der Waals surface area contributed by atoms with Crippen molar-refractivity contribution in [2.75, 3.05) is 13.6 Å². The fourth-order valence-electron chi connectivity index (χ4n) is 4.41. The number of aliphatic carboxylic acids is 1. The normalized spacial score (nSPS) is 14.1. The summed E-state index contributed by atoms with van der Waals surface area (Å²) in [6, 6.07) is 8.71. The number of hydrogen-bond acceptors (Lipinski definition) is 3. The summed E-state index contributed by atoms with van der Waals surface area (Å²) in [7, 11) is 1.75. The van der Waals surface area contributed by atoms with E-state index in [2.05, 4.69) is 6.58 Å². The average Bonchev–Trinajstić information content (AvgIpc) is 2.78. The van der Waals surface area contributed by atoms with Crippen molar-refractivity contribution in [3.63, 3.8) is 0 Å². The molecule has 1 amide bonds. The number of ketones is 1. The van der Waals surface area contributed by atoms with Crippen LogP contribution in [-0.2, 0) is 11.2 Å². The van der Waals surface area contributed by atoms with Crippen molar-refractivity contribution >= 4 is 17.7 Å². The Hall–Kier alpha value is -3.28. The molecule has 0 aromatic heterocycles. The number of carboxylic acid groups (broad SMARTS) is 1. The first kappa shape index (κ1) is 23.4. The molecule has 1 fully saturated rings. The van der Waals surface area contributed by atoms with E-state index in [0.29, 0.717) is 34.7 Å². The summed E-state index contributed by atoms with van der Waals surface area (Å²) in [4.78, 5) is 38.6. The molecule has 0 atom stereocenters. The molecule has 0 radical (unpaired) electrons. The van der Waals surface area contributed by atoms with Gasteiger partial charge in [-0.25, -0.2) is 4.39 Å². The second-order valence-electron chi connectivity index (χ2n) is 8.39. The van der Waals surface area contributed by atoms with Crippen molar-refractivity contribution in [3.8, 4) is 11.1 Å². The van der Waals surface area contributed by atoms with Crippen molar-refractivity contribution in [1.29, 1.82) is 0 Å². The zero-order chi connectivity index (χ0) is 23.3. The maximum absolute atomic E-state index is 13.7. The number of rotatable bonds is 8. The van der Waals surface area contributed by atoms with Gasteiger partial charge in [-0.05, 0) is 65.8 Å². The highest BCUT2D eigenvalue weighted by Crippen LogP contribution is 2.29. The average molecular weight is 438 g/mol. The minimum Gasteiger partial charge on any atom is -0.481 e. The van der Waals surface area contributed by atoms with E-state index in [9.17, 15) is 23.9 Å². The summed E-state index contributed by atoms with van der Waals surface area (Å²) >= 11 is 0. The Bertz CT molecular complexity index is 1040. The highest BCUT2D eigenvalue weighted by Gasteiger charge is 2.23. The van der Waals surface area contributed by atoms with Gasteiger partial charge in [0, 0.05) is 24.7 Å². The maximum Gasteiger partial charge on any atom is 0.307 e. The van der Waals surface area contributed by atoms with Crippen LogP contribution in [0.15, 0.2) is 49.1 Å². The number of hydrogen-bond donors (Lipinski definition) is 1. The monoisotopic (exact) mass is 437 g/mol. The first-order valence-corrected chi connectivity index (χ1v) is 10.9. The molecule has 0 heterocycles. The van der Waals surface area contributed by atoms with Crippen molar-refractivity contribution in [3.05, 3.63) is 71.6 Å². The molecule has 1 saturated carbocycles. The van der Waals surface area contributed by atoms with Crippen molar-refractivity contribution in [2.45, 2.75) is 38.5 Å². The van der Waals surface area contributed by atoms with Crippen LogP contribution in [0.4, 0.5) is 4.39 Å². The van der Waals surface area contributed by atoms with Crippen LogP contribution in [0, 0.1) is 11.7 Å². The van der Waals surface area contributed by atoms with E-state index in [1.165, 1.54) is 31.4 Å². The van der Waals surface area contributed by atoms with Crippen LogP contribution in [0.3, 0.4) is 0 Å². The Kier molecular flexibility index (Phi) is 7.57. The summed E-state index contributed by atoms with van der Waals surface area (Å²) in [5.41, 5.74) is 1.81. The summed E-state index contributed by atoms with van der Waals surface area (Å²) in [6.07, 6.45) is 6.56. The number of benzene rings is 2. The number of carbonyl (C=O) groups excluding carboxylic acids is 2. The quantitative estimate of drug-likeness (QED) is 0.458. The molecule has 1 aliphatic carbocycles. The van der Waals surface area contributed by atoms with Gasteiger partial charge >= 0.3 is 5.97 Å². The standard InChI is InChI=1S/C26H28FNO4/c1-3-24(29)23-15-20(27)10-12-21(23)18-9-11-22(19(13-18)14-25(30)31)26(32)28(2)16-17-7-5-4-6-8-17/h3,9-13,15,17H,1,4-8,14,16H2,2H3,(H,30,31). The third kappa shape index (κ3) is 5.49. The number of carboxylic acids is 1. The lowest BCUT2D eigenvalue weighted by atomic mass is 9.88. The molecule has 5 nitrogen and oxygen atoms in total. The van der Waals surface area contributed by atoms with E-state index in [1.807, 2.05) is 0 Å². The van der Waals surface area contributed by atoms with Gasteiger partial charge in [0.25, 0.3) is 5.91 Å². The number of nitrogens with zero attached hydrogens (tertiary/aromatic N) is 1. The predicted molar refractivity (Wildman–Crippen MR) is 121 cm³/mol. The van der Waals surface area contributed by atoms with Crippen LogP contribution >= 0.6 is 0 Å². The number of allylic oxidation sites excluding steroid dienone is 1. The highest BCUT2D eigenvalue weighted by atomic mass is 19.1. The molecule has 6 heteroatoms. The van der Waals surface area contributed by atoms with Crippen LogP contribution < -0.4 is 0 Å². The van der Waals surface area contributed by atoms with Crippen molar-refractivity contribution in [1.82, 2.24) is 4.90 Å². The van der Waals surface area contributed by atoms with Crippen LogP contribution in [0.25, 0.3) is 11.1 Å². The van der Waals surface area contributed by atoms with Gasteiger partial charge in [0.05, 0.1) is 6.42 Å². The molecule has 1 N–H and O–H groups in total. The predicted octanol–water partition coefficient (Wildman–Crippen LogP) is 5.14. The molecule has 0 bridgehead atoms. The third-order valence-electron chi connectivity index (χ3n) is 6.02. The van der Waals surface area contributed by atoms with Gasteiger partial charge in [0.1, 0.15) is 5.82 Å². The summed E-state index contributed by atoms with van der Waals surface area (Å²) in [5.74, 6) is -1.81. The Morgan fingerprint density at radius 3 is 2.47 bits per heavy atom. The summed E-state index contributed by atoms with van der Waals surface area (Å²) < 4.78 is 13.7. The van der Waals surface area contributed by atoms with Crippen LogP contribution in [-0.4, -0.2) is 41.3 Å². The van der Waals surface area contributed by atoms with Gasteiger partial charge in [-0.15, -0.1) is 0 Å². The number of amides is 1. The topological polar surface area (TPSA) is 74.7 Å². The molecule has 2 aromatic carbocycles. The second-order valence-corrected chi connectivity index (χ2v) is 8.39. The zero-order valence-electron chi connectivity index (χ0n) is 18.3. The zero-order valence-corrected chi connectivity index (χ0v) is 18.3. The Labute approximate surface area is 187 Å². The molecule has 0 unspecified atom stereocenters. The van der Waals surface area contributed by atoms with Crippen molar-refractivity contribution in [2.24, 2.45) is 5.92 Å². The van der Waals surface area contributed by atoms with Crippen molar-refractivity contribution < 1.29 is 23.9 Å². The van der Waals surface area contributed by atoms with Gasteiger partial charge < -0.3 is 10.0 Å². The number of carbonyl (C=O) groups is 3. The Morgan fingerprint density at radius 1 is 1.09 bits per heavy atom. The second kappa shape index (κ2) is 10.4. The summed E-state index contributed by atoms with van der Waals surface area (Å²) in [6.45, 7) is 4.10. The minimum absolute atomic E-state index is 0.134. The third-order valence-corrected chi connectivity index (χ3v) is 6.02. The van der Waals surface area contributed by atoms with E-state index >= 15 is 0 Å². The molecule has 1 aliphatic rings. The lowest BCUT2D eigenvalue weighted by Crippen LogP contribution is -2.33. The van der Waals surface area contributed by atoms with Crippen LogP contribution in [0.5, 0.6) is 0 Å². The number of halogens is 1. The van der Waals surface area contributed by atoms with Crippen LogP contribution in [0.1, 0.15) is 58.4 Å². The van der Waals surface area contributed by atoms with Gasteiger partial charge in [-0.3, -0.25) is 14.4 Å². The minimum atomic E-state index is -1.06. The molecule has 168 valence electrons. The first-order valence-electron chi connectivity index (χ1n) is 10.9. The van der Waals surface area contributed by atoms with E-state index in [-0.39, 0.29) is 17.9 Å². The van der Waals surface area contributed by atoms with E-state index < -0.39 is 17.6 Å².